The second-order valence-corrected chi connectivity index (χ2v) is 7.25. The summed E-state index contributed by atoms with van der Waals surface area (Å²) in [4.78, 5) is 0. The van der Waals surface area contributed by atoms with Gasteiger partial charge in [0.1, 0.15) is 18.1 Å². The Labute approximate surface area is 182 Å². The van der Waals surface area contributed by atoms with Crippen molar-refractivity contribution in [3.63, 3.8) is 0 Å². The normalized spacial score (nSPS) is 12.9. The van der Waals surface area contributed by atoms with Gasteiger partial charge in [-0.2, -0.15) is 0 Å². The molecule has 0 amide bonds. The average Bonchev–Trinajstić information content (AvgIpc) is 2.79. The van der Waals surface area contributed by atoms with E-state index < -0.39 is 17.4 Å². The molecule has 0 saturated carbocycles. The van der Waals surface area contributed by atoms with E-state index in [1.807, 2.05) is 0 Å². The Hall–Kier alpha value is -3.94. The number of benzene rings is 3. The summed E-state index contributed by atoms with van der Waals surface area (Å²) in [6.45, 7) is 1.66. The summed E-state index contributed by atoms with van der Waals surface area (Å²) in [7, 11) is 2.77. The van der Waals surface area contributed by atoms with Gasteiger partial charge in [-0.25, -0.2) is 8.78 Å². The van der Waals surface area contributed by atoms with Gasteiger partial charge in [0, 0.05) is 22.3 Å². The smallest absolute Gasteiger partial charge is 0.200 e. The highest BCUT2D eigenvalue weighted by Gasteiger charge is 2.28. The number of methoxy groups -OCH3 is 2. The van der Waals surface area contributed by atoms with Crippen LogP contribution in [0.2, 0.25) is 0 Å². The van der Waals surface area contributed by atoms with Crippen molar-refractivity contribution in [2.75, 3.05) is 20.8 Å². The molecular weight excluding hydrogens is 422 g/mol. The van der Waals surface area contributed by atoms with Gasteiger partial charge in [-0.1, -0.05) is 0 Å². The zero-order chi connectivity index (χ0) is 23.2. The van der Waals surface area contributed by atoms with Crippen LogP contribution in [0.15, 0.2) is 36.4 Å². The number of hydrogen-bond donors (Lipinski definition) is 3. The quantitative estimate of drug-likeness (QED) is 0.540. The van der Waals surface area contributed by atoms with E-state index >= 15 is 0 Å². The number of phenolic OH excluding ortho intramolecular Hbond substituents is 3. The molecule has 0 bridgehead atoms. The molecule has 0 radical (unpaired) electrons. The molecule has 4 rings (SSSR count). The number of aromatic hydroxyl groups is 3. The van der Waals surface area contributed by atoms with Crippen molar-refractivity contribution in [3.8, 4) is 34.5 Å². The van der Waals surface area contributed by atoms with Crippen LogP contribution in [0.25, 0.3) is 11.1 Å². The van der Waals surface area contributed by atoms with E-state index in [0.29, 0.717) is 33.6 Å². The van der Waals surface area contributed by atoms with E-state index in [1.165, 1.54) is 20.3 Å². The topological polar surface area (TPSA) is 88.4 Å². The molecule has 0 aromatic heterocycles. The summed E-state index contributed by atoms with van der Waals surface area (Å²) in [6.07, 6.45) is 0. The van der Waals surface area contributed by atoms with Gasteiger partial charge in [0.25, 0.3) is 0 Å². The molecule has 3 aromatic carbocycles. The Kier molecular flexibility index (Phi) is 5.30. The highest BCUT2D eigenvalue weighted by Crippen LogP contribution is 2.47. The fourth-order valence-electron chi connectivity index (χ4n) is 3.78. The minimum atomic E-state index is -1.11. The zero-order valence-corrected chi connectivity index (χ0v) is 17.5. The fourth-order valence-corrected chi connectivity index (χ4v) is 3.78. The van der Waals surface area contributed by atoms with Crippen LogP contribution in [0.3, 0.4) is 0 Å². The average molecular weight is 442 g/mol. The lowest BCUT2D eigenvalue weighted by Gasteiger charge is -2.27. The van der Waals surface area contributed by atoms with Crippen molar-refractivity contribution in [3.05, 3.63) is 70.3 Å². The first kappa shape index (κ1) is 21.3. The van der Waals surface area contributed by atoms with Crippen LogP contribution < -0.4 is 14.2 Å². The lowest BCUT2D eigenvalue weighted by Crippen LogP contribution is -2.13. The maximum atomic E-state index is 14.3. The van der Waals surface area contributed by atoms with Crippen LogP contribution in [-0.4, -0.2) is 36.1 Å². The monoisotopic (exact) mass is 442 g/mol. The maximum Gasteiger partial charge on any atom is 0.200 e. The molecule has 0 unspecified atom stereocenters. The number of halogens is 2. The van der Waals surface area contributed by atoms with E-state index in [1.54, 1.807) is 25.1 Å². The minimum absolute atomic E-state index is 0.00613. The van der Waals surface area contributed by atoms with Crippen LogP contribution in [0.5, 0.6) is 34.5 Å². The molecule has 0 saturated heterocycles. The number of rotatable bonds is 4. The summed E-state index contributed by atoms with van der Waals surface area (Å²) < 4.78 is 44.9. The first-order chi connectivity index (χ1) is 15.3. The summed E-state index contributed by atoms with van der Waals surface area (Å²) in [5, 5.41) is 29.9. The molecule has 166 valence electrons. The summed E-state index contributed by atoms with van der Waals surface area (Å²) >= 11 is 0. The standard InChI is InChI=1S/C24H20F2O6/c1-11-18(27)5-4-14-21(13-6-16(25)22(28)17(26)7-13)15(10-32-24(11)14)12-8-19(30-2)23(29)20(9-12)31-3/h4-9,27-29H,10H2,1-3H3. The van der Waals surface area contributed by atoms with Crippen molar-refractivity contribution in [1.82, 2.24) is 0 Å². The SMILES string of the molecule is COc1cc(C2=C(c3cc(F)c(O)c(F)c3)c3ccc(O)c(C)c3OC2)cc(OC)c1O. The van der Waals surface area contributed by atoms with Crippen LogP contribution in [-0.2, 0) is 0 Å². The Morgan fingerprint density at radius 1 is 0.844 bits per heavy atom. The number of fused-ring (bicyclic) bond motifs is 1. The molecule has 8 heteroatoms. The van der Waals surface area contributed by atoms with E-state index in [-0.39, 0.29) is 35.2 Å². The molecule has 0 atom stereocenters. The van der Waals surface area contributed by atoms with Crippen LogP contribution in [0, 0.1) is 18.6 Å². The number of phenols is 3. The van der Waals surface area contributed by atoms with E-state index in [0.717, 1.165) is 12.1 Å². The van der Waals surface area contributed by atoms with Gasteiger partial charge < -0.3 is 29.5 Å². The summed E-state index contributed by atoms with van der Waals surface area (Å²) in [6, 6.07) is 8.22. The Bertz CT molecular complexity index is 1220. The van der Waals surface area contributed by atoms with Crippen molar-refractivity contribution < 1.29 is 38.3 Å². The molecule has 1 aliphatic rings. The molecule has 32 heavy (non-hydrogen) atoms. The molecule has 0 fully saturated rings. The van der Waals surface area contributed by atoms with Gasteiger partial charge in [-0.05, 0) is 54.4 Å². The van der Waals surface area contributed by atoms with Gasteiger partial charge in [-0.3, -0.25) is 0 Å². The van der Waals surface area contributed by atoms with E-state index in [9.17, 15) is 24.1 Å². The lowest BCUT2D eigenvalue weighted by molar-refractivity contribution is 0.339. The second kappa shape index (κ2) is 7.96. The molecule has 3 N–H and O–H groups in total. The molecular formula is C24H20F2O6. The maximum absolute atomic E-state index is 14.3. The third-order valence-corrected chi connectivity index (χ3v) is 5.44. The molecule has 1 aliphatic heterocycles. The van der Waals surface area contributed by atoms with Crippen LogP contribution in [0.4, 0.5) is 8.78 Å². The fraction of sp³-hybridized carbons (Fsp3) is 0.167. The van der Waals surface area contributed by atoms with Crippen molar-refractivity contribution >= 4 is 11.1 Å². The first-order valence-electron chi connectivity index (χ1n) is 9.59. The van der Waals surface area contributed by atoms with Gasteiger partial charge in [0.15, 0.2) is 28.9 Å². The van der Waals surface area contributed by atoms with Crippen molar-refractivity contribution in [2.45, 2.75) is 6.92 Å². The third-order valence-electron chi connectivity index (χ3n) is 5.44. The van der Waals surface area contributed by atoms with Crippen molar-refractivity contribution in [2.24, 2.45) is 0 Å². The van der Waals surface area contributed by atoms with Crippen LogP contribution >= 0.6 is 0 Å². The molecule has 1 heterocycles. The molecule has 0 spiro atoms. The molecule has 3 aromatic rings. The Balaban J connectivity index is 2.08. The van der Waals surface area contributed by atoms with E-state index in [4.69, 9.17) is 14.2 Å². The Morgan fingerprint density at radius 2 is 1.44 bits per heavy atom. The number of ether oxygens (including phenoxy) is 3. The Morgan fingerprint density at radius 3 is 2.00 bits per heavy atom. The van der Waals surface area contributed by atoms with Gasteiger partial charge in [-0.15, -0.1) is 0 Å². The zero-order valence-electron chi connectivity index (χ0n) is 17.5. The van der Waals surface area contributed by atoms with Gasteiger partial charge in [0.2, 0.25) is 5.75 Å². The van der Waals surface area contributed by atoms with Gasteiger partial charge >= 0.3 is 0 Å². The van der Waals surface area contributed by atoms with Crippen LogP contribution in [0.1, 0.15) is 22.3 Å². The molecule has 0 aliphatic carbocycles. The number of hydrogen-bond acceptors (Lipinski definition) is 6. The highest BCUT2D eigenvalue weighted by molar-refractivity contribution is 6.02. The third kappa shape index (κ3) is 3.33. The summed E-state index contributed by atoms with van der Waals surface area (Å²) in [5.41, 5.74) is 2.62. The predicted octanol–water partition coefficient (Wildman–Crippen LogP) is 4.76. The van der Waals surface area contributed by atoms with E-state index in [2.05, 4.69) is 0 Å². The minimum Gasteiger partial charge on any atom is -0.508 e. The molecule has 6 nitrogen and oxygen atoms in total. The summed E-state index contributed by atoms with van der Waals surface area (Å²) in [5.74, 6) is -2.83. The lowest BCUT2D eigenvalue weighted by atomic mass is 9.86. The second-order valence-electron chi connectivity index (χ2n) is 7.25. The van der Waals surface area contributed by atoms with Gasteiger partial charge in [0.05, 0.1) is 14.2 Å². The predicted molar refractivity (Wildman–Crippen MR) is 113 cm³/mol. The highest BCUT2D eigenvalue weighted by atomic mass is 19.1. The van der Waals surface area contributed by atoms with Crippen molar-refractivity contribution in [1.29, 1.82) is 0 Å². The first-order valence-corrected chi connectivity index (χ1v) is 9.59. The largest absolute Gasteiger partial charge is 0.508 e.